The summed E-state index contributed by atoms with van der Waals surface area (Å²) in [5, 5.41) is 0. The van der Waals surface area contributed by atoms with Gasteiger partial charge in [0.1, 0.15) is 0 Å². The van der Waals surface area contributed by atoms with Crippen LogP contribution in [0.15, 0.2) is 29.3 Å². The van der Waals surface area contributed by atoms with Gasteiger partial charge in [-0.05, 0) is 38.0 Å². The Kier molecular flexibility index (Phi) is 6.19. The van der Waals surface area contributed by atoms with Gasteiger partial charge in [0.15, 0.2) is 5.96 Å². The van der Waals surface area contributed by atoms with E-state index in [-0.39, 0.29) is 0 Å². The van der Waals surface area contributed by atoms with Crippen molar-refractivity contribution in [1.82, 2.24) is 4.90 Å². The second-order valence-electron chi connectivity index (χ2n) is 4.72. The summed E-state index contributed by atoms with van der Waals surface area (Å²) < 4.78 is 0. The molecule has 0 aliphatic rings. The maximum atomic E-state index is 5.94. The zero-order valence-electron chi connectivity index (χ0n) is 12.6. The molecule has 4 nitrogen and oxygen atoms in total. The standard InChI is InChI=1S/C15H26N4/c1-5-19(6-2)15(16)17-12-11-13-7-9-14(10-8-13)18(3)4/h7-10H,5-6,11-12H2,1-4H3,(H2,16,17). The van der Waals surface area contributed by atoms with Crippen molar-refractivity contribution in [1.29, 1.82) is 0 Å². The van der Waals surface area contributed by atoms with Crippen molar-refractivity contribution in [2.24, 2.45) is 10.7 Å². The fourth-order valence-corrected chi connectivity index (χ4v) is 1.91. The SMILES string of the molecule is CCN(CC)C(N)=NCCc1ccc(N(C)C)cc1. The number of benzene rings is 1. The van der Waals surface area contributed by atoms with E-state index in [1.807, 2.05) is 14.1 Å². The van der Waals surface area contributed by atoms with E-state index in [4.69, 9.17) is 5.73 Å². The summed E-state index contributed by atoms with van der Waals surface area (Å²) in [6, 6.07) is 8.57. The Hall–Kier alpha value is -1.71. The van der Waals surface area contributed by atoms with Gasteiger partial charge in [0, 0.05) is 39.4 Å². The van der Waals surface area contributed by atoms with Gasteiger partial charge in [-0.25, -0.2) is 0 Å². The first kappa shape index (κ1) is 15.3. The first-order valence-corrected chi connectivity index (χ1v) is 6.89. The Bertz CT molecular complexity index is 391. The van der Waals surface area contributed by atoms with E-state index in [1.54, 1.807) is 0 Å². The molecule has 0 atom stereocenters. The van der Waals surface area contributed by atoms with Crippen LogP contribution in [0.2, 0.25) is 0 Å². The molecule has 0 amide bonds. The van der Waals surface area contributed by atoms with Crippen molar-refractivity contribution < 1.29 is 0 Å². The molecule has 0 heterocycles. The van der Waals surface area contributed by atoms with E-state index in [2.05, 4.69) is 52.9 Å². The Morgan fingerprint density at radius 3 is 2.16 bits per heavy atom. The van der Waals surface area contributed by atoms with Gasteiger partial charge in [-0.2, -0.15) is 0 Å². The summed E-state index contributed by atoms with van der Waals surface area (Å²) in [6.45, 7) is 6.73. The van der Waals surface area contributed by atoms with Crippen molar-refractivity contribution in [2.45, 2.75) is 20.3 Å². The van der Waals surface area contributed by atoms with Crippen LogP contribution in [0.4, 0.5) is 5.69 Å². The van der Waals surface area contributed by atoms with Crippen LogP contribution in [0.5, 0.6) is 0 Å². The molecule has 1 aromatic rings. The lowest BCUT2D eigenvalue weighted by Gasteiger charge is -2.19. The van der Waals surface area contributed by atoms with E-state index in [9.17, 15) is 0 Å². The molecule has 0 saturated carbocycles. The van der Waals surface area contributed by atoms with E-state index >= 15 is 0 Å². The highest BCUT2D eigenvalue weighted by atomic mass is 15.2. The minimum atomic E-state index is 0.648. The zero-order valence-corrected chi connectivity index (χ0v) is 12.6. The van der Waals surface area contributed by atoms with Crippen molar-refractivity contribution in [3.05, 3.63) is 29.8 Å². The van der Waals surface area contributed by atoms with Crippen molar-refractivity contribution in [3.63, 3.8) is 0 Å². The Labute approximate surface area is 116 Å². The predicted octanol–water partition coefficient (Wildman–Crippen LogP) is 1.95. The Balaban J connectivity index is 2.50. The van der Waals surface area contributed by atoms with Crippen LogP contribution in [0, 0.1) is 0 Å². The predicted molar refractivity (Wildman–Crippen MR) is 83.9 cm³/mol. The molecule has 0 aliphatic heterocycles. The van der Waals surface area contributed by atoms with Gasteiger partial charge in [0.2, 0.25) is 0 Å². The lowest BCUT2D eigenvalue weighted by atomic mass is 10.1. The lowest BCUT2D eigenvalue weighted by molar-refractivity contribution is 0.458. The zero-order chi connectivity index (χ0) is 14.3. The summed E-state index contributed by atoms with van der Waals surface area (Å²) in [5.74, 6) is 0.648. The minimum Gasteiger partial charge on any atom is -0.378 e. The number of rotatable bonds is 6. The Morgan fingerprint density at radius 2 is 1.68 bits per heavy atom. The van der Waals surface area contributed by atoms with Gasteiger partial charge >= 0.3 is 0 Å². The number of guanidine groups is 1. The Morgan fingerprint density at radius 1 is 1.11 bits per heavy atom. The minimum absolute atomic E-state index is 0.648. The van der Waals surface area contributed by atoms with Gasteiger partial charge in [-0.3, -0.25) is 4.99 Å². The molecule has 0 aliphatic carbocycles. The van der Waals surface area contributed by atoms with Crippen LogP contribution in [-0.2, 0) is 6.42 Å². The molecule has 0 aromatic heterocycles. The van der Waals surface area contributed by atoms with E-state index in [0.29, 0.717) is 5.96 Å². The number of nitrogens with zero attached hydrogens (tertiary/aromatic N) is 3. The third kappa shape index (κ3) is 4.81. The summed E-state index contributed by atoms with van der Waals surface area (Å²) >= 11 is 0. The third-order valence-electron chi connectivity index (χ3n) is 3.21. The largest absolute Gasteiger partial charge is 0.378 e. The third-order valence-corrected chi connectivity index (χ3v) is 3.21. The monoisotopic (exact) mass is 262 g/mol. The molecule has 0 unspecified atom stereocenters. The van der Waals surface area contributed by atoms with Crippen LogP contribution < -0.4 is 10.6 Å². The van der Waals surface area contributed by atoms with Crippen LogP contribution in [-0.4, -0.2) is 44.6 Å². The van der Waals surface area contributed by atoms with Crippen molar-refractivity contribution in [3.8, 4) is 0 Å². The quantitative estimate of drug-likeness (QED) is 0.629. The average molecular weight is 262 g/mol. The highest BCUT2D eigenvalue weighted by Crippen LogP contribution is 2.12. The number of aliphatic imine (C=N–C) groups is 1. The number of hydrogen-bond donors (Lipinski definition) is 1. The van der Waals surface area contributed by atoms with Crippen molar-refractivity contribution >= 4 is 11.6 Å². The van der Waals surface area contributed by atoms with E-state index in [0.717, 1.165) is 26.1 Å². The fourth-order valence-electron chi connectivity index (χ4n) is 1.91. The molecule has 106 valence electrons. The van der Waals surface area contributed by atoms with Gasteiger partial charge in [-0.15, -0.1) is 0 Å². The van der Waals surface area contributed by atoms with Crippen LogP contribution in [0.25, 0.3) is 0 Å². The highest BCUT2D eigenvalue weighted by molar-refractivity contribution is 5.77. The van der Waals surface area contributed by atoms with Gasteiger partial charge in [0.05, 0.1) is 0 Å². The summed E-state index contributed by atoms with van der Waals surface area (Å²) in [7, 11) is 4.09. The molecule has 1 aromatic carbocycles. The van der Waals surface area contributed by atoms with E-state index in [1.165, 1.54) is 11.3 Å². The molecule has 1 rings (SSSR count). The summed E-state index contributed by atoms with van der Waals surface area (Å²) in [4.78, 5) is 8.59. The second kappa shape index (κ2) is 7.67. The molecule has 4 heteroatoms. The smallest absolute Gasteiger partial charge is 0.191 e. The molecule has 0 radical (unpaired) electrons. The number of hydrogen-bond acceptors (Lipinski definition) is 2. The highest BCUT2D eigenvalue weighted by Gasteiger charge is 2.01. The molecule has 19 heavy (non-hydrogen) atoms. The van der Waals surface area contributed by atoms with Gasteiger partial charge < -0.3 is 15.5 Å². The molecular formula is C15H26N4. The topological polar surface area (TPSA) is 44.9 Å². The maximum absolute atomic E-state index is 5.94. The van der Waals surface area contributed by atoms with Crippen LogP contribution in [0.1, 0.15) is 19.4 Å². The number of anilines is 1. The molecule has 0 fully saturated rings. The average Bonchev–Trinajstić information content (AvgIpc) is 2.40. The summed E-state index contributed by atoms with van der Waals surface area (Å²) in [5.41, 5.74) is 8.45. The molecular weight excluding hydrogens is 236 g/mol. The van der Waals surface area contributed by atoms with Crippen LogP contribution in [0.3, 0.4) is 0 Å². The lowest BCUT2D eigenvalue weighted by Crippen LogP contribution is -2.37. The molecule has 0 saturated heterocycles. The first-order valence-electron chi connectivity index (χ1n) is 6.89. The van der Waals surface area contributed by atoms with Gasteiger partial charge in [-0.1, -0.05) is 12.1 Å². The molecule has 2 N–H and O–H groups in total. The first-order chi connectivity index (χ1) is 9.08. The molecule has 0 bridgehead atoms. The normalized spacial score (nSPS) is 11.5. The second-order valence-corrected chi connectivity index (χ2v) is 4.72. The van der Waals surface area contributed by atoms with E-state index < -0.39 is 0 Å². The summed E-state index contributed by atoms with van der Waals surface area (Å²) in [6.07, 6.45) is 0.926. The number of nitrogens with two attached hydrogens (primary N) is 1. The van der Waals surface area contributed by atoms with Gasteiger partial charge in [0.25, 0.3) is 0 Å². The molecule has 0 spiro atoms. The maximum Gasteiger partial charge on any atom is 0.191 e. The van der Waals surface area contributed by atoms with Crippen molar-refractivity contribution in [2.75, 3.05) is 38.6 Å². The fraction of sp³-hybridized carbons (Fsp3) is 0.533. The van der Waals surface area contributed by atoms with Crippen LogP contribution >= 0.6 is 0 Å².